The number of aryl methyl sites for hydroxylation is 1. The minimum atomic E-state index is -3.06. The Morgan fingerprint density at radius 1 is 1.17 bits per heavy atom. The number of hydrogen-bond acceptors (Lipinski definition) is 6. The van der Waals surface area contributed by atoms with Crippen LogP contribution in [-0.2, 0) is 22.8 Å². The smallest absolute Gasteiger partial charge is 0.227 e. The number of hydrogen-bond donors (Lipinski definition) is 1. The highest BCUT2D eigenvalue weighted by atomic mass is 32.2. The van der Waals surface area contributed by atoms with Crippen molar-refractivity contribution < 1.29 is 12.9 Å². The van der Waals surface area contributed by atoms with Gasteiger partial charge in [-0.25, -0.2) is 8.42 Å². The van der Waals surface area contributed by atoms with Crippen LogP contribution in [0.1, 0.15) is 37.1 Å². The van der Waals surface area contributed by atoms with Crippen LogP contribution in [0.5, 0.6) is 0 Å². The van der Waals surface area contributed by atoms with Crippen molar-refractivity contribution in [1.82, 2.24) is 10.1 Å². The molecule has 0 aliphatic heterocycles. The Balaban J connectivity index is 1.65. The third-order valence-electron chi connectivity index (χ3n) is 4.33. The third-order valence-corrected chi connectivity index (χ3v) is 6.59. The molecule has 124 valence electrons. The van der Waals surface area contributed by atoms with Crippen LogP contribution in [0.25, 0.3) is 11.4 Å². The number of rotatable bonds is 6. The van der Waals surface area contributed by atoms with Gasteiger partial charge in [-0.05, 0) is 18.4 Å². The number of benzene rings is 1. The van der Waals surface area contributed by atoms with Gasteiger partial charge in [0.15, 0.2) is 9.84 Å². The van der Waals surface area contributed by atoms with E-state index in [-0.39, 0.29) is 17.4 Å². The highest BCUT2D eigenvalue weighted by Crippen LogP contribution is 2.25. The van der Waals surface area contributed by atoms with E-state index in [2.05, 4.69) is 10.1 Å². The van der Waals surface area contributed by atoms with E-state index in [9.17, 15) is 8.42 Å². The van der Waals surface area contributed by atoms with E-state index in [1.54, 1.807) is 0 Å². The zero-order valence-electron chi connectivity index (χ0n) is 12.9. The molecule has 1 aromatic carbocycles. The summed E-state index contributed by atoms with van der Waals surface area (Å²) in [5.74, 6) is 0.914. The summed E-state index contributed by atoms with van der Waals surface area (Å²) in [6, 6.07) is 7.59. The third kappa shape index (κ3) is 3.79. The van der Waals surface area contributed by atoms with Gasteiger partial charge in [0.25, 0.3) is 0 Å². The van der Waals surface area contributed by atoms with Crippen molar-refractivity contribution in [3.63, 3.8) is 0 Å². The van der Waals surface area contributed by atoms with Crippen LogP contribution in [-0.4, -0.2) is 29.6 Å². The Bertz CT molecular complexity index is 747. The van der Waals surface area contributed by atoms with Gasteiger partial charge in [0.2, 0.25) is 11.7 Å². The average molecular weight is 335 g/mol. The normalized spacial score (nSPS) is 16.0. The van der Waals surface area contributed by atoms with Crippen LogP contribution in [0.3, 0.4) is 0 Å². The van der Waals surface area contributed by atoms with E-state index in [0.717, 1.165) is 36.8 Å². The van der Waals surface area contributed by atoms with Gasteiger partial charge in [-0.3, -0.25) is 0 Å². The van der Waals surface area contributed by atoms with E-state index >= 15 is 0 Å². The molecule has 1 heterocycles. The first-order valence-corrected chi connectivity index (χ1v) is 9.63. The molecule has 1 fully saturated rings. The van der Waals surface area contributed by atoms with E-state index < -0.39 is 9.84 Å². The zero-order chi connectivity index (χ0) is 16.3. The first-order valence-electron chi connectivity index (χ1n) is 7.92. The lowest BCUT2D eigenvalue weighted by atomic mass is 10.1. The van der Waals surface area contributed by atoms with E-state index in [1.807, 2.05) is 24.3 Å². The Morgan fingerprint density at radius 2 is 1.87 bits per heavy atom. The predicted octanol–water partition coefficient (Wildman–Crippen LogP) is 2.10. The Morgan fingerprint density at radius 3 is 2.52 bits per heavy atom. The average Bonchev–Trinajstić information content (AvgIpc) is 3.25. The van der Waals surface area contributed by atoms with Crippen LogP contribution in [0.15, 0.2) is 28.8 Å². The van der Waals surface area contributed by atoms with Crippen LogP contribution < -0.4 is 5.73 Å². The molecular weight excluding hydrogens is 314 g/mol. The summed E-state index contributed by atoms with van der Waals surface area (Å²) < 4.78 is 29.7. The van der Waals surface area contributed by atoms with E-state index in [1.165, 1.54) is 0 Å². The molecule has 0 radical (unpaired) electrons. The van der Waals surface area contributed by atoms with Gasteiger partial charge in [0.05, 0.1) is 11.0 Å². The van der Waals surface area contributed by atoms with Crippen molar-refractivity contribution in [3.05, 3.63) is 35.7 Å². The molecule has 1 aliphatic rings. The highest BCUT2D eigenvalue weighted by molar-refractivity contribution is 7.92. The van der Waals surface area contributed by atoms with Crippen molar-refractivity contribution in [1.29, 1.82) is 0 Å². The van der Waals surface area contributed by atoms with Gasteiger partial charge in [-0.1, -0.05) is 42.3 Å². The molecule has 6 nitrogen and oxygen atoms in total. The second kappa shape index (κ2) is 6.80. The minimum Gasteiger partial charge on any atom is -0.339 e. The van der Waals surface area contributed by atoms with Crippen LogP contribution in [0, 0.1) is 0 Å². The molecule has 1 aliphatic carbocycles. The van der Waals surface area contributed by atoms with Crippen molar-refractivity contribution in [2.24, 2.45) is 5.73 Å². The van der Waals surface area contributed by atoms with Gasteiger partial charge in [0, 0.05) is 18.5 Å². The topological polar surface area (TPSA) is 99.1 Å². The van der Waals surface area contributed by atoms with Crippen LogP contribution in [0.2, 0.25) is 0 Å². The first kappa shape index (κ1) is 16.1. The second-order valence-corrected chi connectivity index (χ2v) is 8.34. The molecule has 1 saturated carbocycles. The largest absolute Gasteiger partial charge is 0.339 e. The van der Waals surface area contributed by atoms with E-state index in [4.69, 9.17) is 10.3 Å². The molecule has 2 aromatic rings. The minimum absolute atomic E-state index is 0.0748. The lowest BCUT2D eigenvalue weighted by molar-refractivity contribution is 0.382. The van der Waals surface area contributed by atoms with Crippen molar-refractivity contribution >= 4 is 9.84 Å². The molecule has 1 aromatic heterocycles. The predicted molar refractivity (Wildman–Crippen MR) is 87.4 cm³/mol. The Hall–Kier alpha value is -1.73. The Labute approximate surface area is 136 Å². The molecule has 0 amide bonds. The van der Waals surface area contributed by atoms with Crippen LogP contribution >= 0.6 is 0 Å². The quantitative estimate of drug-likeness (QED) is 0.868. The maximum absolute atomic E-state index is 12.3. The maximum Gasteiger partial charge on any atom is 0.227 e. The summed E-state index contributed by atoms with van der Waals surface area (Å²) in [5, 5.41) is 3.74. The molecule has 7 heteroatoms. The van der Waals surface area contributed by atoms with E-state index in [0.29, 0.717) is 18.3 Å². The van der Waals surface area contributed by atoms with Crippen LogP contribution in [0.4, 0.5) is 0 Å². The zero-order valence-corrected chi connectivity index (χ0v) is 13.8. The molecular formula is C16H21N3O3S. The van der Waals surface area contributed by atoms with Gasteiger partial charge < -0.3 is 10.3 Å². The molecule has 23 heavy (non-hydrogen) atoms. The number of sulfone groups is 1. The fourth-order valence-electron chi connectivity index (χ4n) is 2.91. The summed E-state index contributed by atoms with van der Waals surface area (Å²) in [4.78, 5) is 4.29. The summed E-state index contributed by atoms with van der Waals surface area (Å²) in [7, 11) is -3.06. The lowest BCUT2D eigenvalue weighted by Gasteiger charge is -2.09. The van der Waals surface area contributed by atoms with Crippen molar-refractivity contribution in [2.45, 2.75) is 43.9 Å². The maximum atomic E-state index is 12.3. The highest BCUT2D eigenvalue weighted by Gasteiger charge is 2.28. The summed E-state index contributed by atoms with van der Waals surface area (Å²) in [5.41, 5.74) is 7.43. The fraction of sp³-hybridized carbons (Fsp3) is 0.500. The second-order valence-electron chi connectivity index (χ2n) is 5.94. The molecule has 3 rings (SSSR count). The van der Waals surface area contributed by atoms with Crippen molar-refractivity contribution in [3.8, 4) is 11.4 Å². The van der Waals surface area contributed by atoms with Gasteiger partial charge >= 0.3 is 0 Å². The molecule has 0 spiro atoms. The monoisotopic (exact) mass is 335 g/mol. The first-order chi connectivity index (χ1) is 11.1. The van der Waals surface area contributed by atoms with Crippen molar-refractivity contribution in [2.75, 3.05) is 5.75 Å². The summed E-state index contributed by atoms with van der Waals surface area (Å²) in [6.07, 6.45) is 3.85. The number of aromatic nitrogens is 2. The molecule has 0 atom stereocenters. The molecule has 0 bridgehead atoms. The summed E-state index contributed by atoms with van der Waals surface area (Å²) in [6.45, 7) is 0.483. The SMILES string of the molecule is NCc1ccc(-c2noc(CCS(=O)(=O)C3CCCC3)n2)cc1. The summed E-state index contributed by atoms with van der Waals surface area (Å²) >= 11 is 0. The molecule has 2 N–H and O–H groups in total. The van der Waals surface area contributed by atoms with Gasteiger partial charge in [0.1, 0.15) is 0 Å². The lowest BCUT2D eigenvalue weighted by Crippen LogP contribution is -2.22. The number of nitrogens with zero attached hydrogens (tertiary/aromatic N) is 2. The Kier molecular flexibility index (Phi) is 4.77. The molecule has 0 unspecified atom stereocenters. The number of nitrogens with two attached hydrogens (primary N) is 1. The van der Waals surface area contributed by atoms with Gasteiger partial charge in [-0.15, -0.1) is 0 Å². The fourth-order valence-corrected chi connectivity index (χ4v) is 4.75. The standard InChI is InChI=1S/C16H21N3O3S/c17-11-12-5-7-13(8-6-12)16-18-15(22-19-16)9-10-23(20,21)14-3-1-2-4-14/h5-8,14H,1-4,9-11,17H2. The molecule has 0 saturated heterocycles. The van der Waals surface area contributed by atoms with Gasteiger partial charge in [-0.2, -0.15) is 4.98 Å².